The smallest absolute Gasteiger partial charge is 0.328 e. The Bertz CT molecular complexity index is 1380. The number of fused-ring (bicyclic) bond motifs is 2. The first-order valence-corrected chi connectivity index (χ1v) is 10.3. The molecule has 2 aromatic heterocycles. The Morgan fingerprint density at radius 3 is 2.52 bits per heavy atom. The molecule has 1 aliphatic heterocycles. The van der Waals surface area contributed by atoms with E-state index >= 15 is 0 Å². The van der Waals surface area contributed by atoms with E-state index in [1.165, 1.54) is 0 Å². The molecular formula is C22H22N6O3. The molecule has 0 aliphatic carbocycles. The summed E-state index contributed by atoms with van der Waals surface area (Å²) in [6.45, 7) is 4.48. The SMILES string of the molecule is CCn1c(=O)[nH]c2cc(C(=O)N3CCN(c4nc5ccccc5[nH]4)CC3)ccc2c1=O. The van der Waals surface area contributed by atoms with Gasteiger partial charge in [0.25, 0.3) is 11.5 Å². The zero-order valence-corrected chi connectivity index (χ0v) is 17.1. The second-order valence-corrected chi connectivity index (χ2v) is 7.60. The van der Waals surface area contributed by atoms with Crippen LogP contribution in [0.1, 0.15) is 17.3 Å². The molecule has 5 rings (SSSR count). The van der Waals surface area contributed by atoms with Gasteiger partial charge >= 0.3 is 5.69 Å². The molecule has 1 aliphatic rings. The molecule has 1 fully saturated rings. The van der Waals surface area contributed by atoms with Crippen LogP contribution in [0.4, 0.5) is 5.95 Å². The minimum Gasteiger partial charge on any atom is -0.339 e. The molecule has 0 saturated carbocycles. The van der Waals surface area contributed by atoms with Crippen LogP contribution in [0, 0.1) is 0 Å². The van der Waals surface area contributed by atoms with Crippen LogP contribution in [0.15, 0.2) is 52.1 Å². The van der Waals surface area contributed by atoms with Crippen molar-refractivity contribution in [3.63, 3.8) is 0 Å². The van der Waals surface area contributed by atoms with Gasteiger partial charge in [-0.15, -0.1) is 0 Å². The fourth-order valence-electron chi connectivity index (χ4n) is 4.07. The number of rotatable bonds is 3. The predicted molar refractivity (Wildman–Crippen MR) is 119 cm³/mol. The number of hydrogen-bond acceptors (Lipinski definition) is 5. The van der Waals surface area contributed by atoms with E-state index in [1.807, 2.05) is 24.3 Å². The third kappa shape index (κ3) is 3.27. The van der Waals surface area contributed by atoms with Gasteiger partial charge in [-0.3, -0.25) is 14.2 Å². The Morgan fingerprint density at radius 1 is 1.00 bits per heavy atom. The summed E-state index contributed by atoms with van der Waals surface area (Å²) in [5.74, 6) is 0.690. The van der Waals surface area contributed by atoms with Crippen LogP contribution in [0.25, 0.3) is 21.9 Å². The van der Waals surface area contributed by atoms with Gasteiger partial charge in [0.2, 0.25) is 5.95 Å². The lowest BCUT2D eigenvalue weighted by Gasteiger charge is -2.34. The molecule has 3 heterocycles. The van der Waals surface area contributed by atoms with Crippen molar-refractivity contribution in [1.82, 2.24) is 24.4 Å². The number of aromatic amines is 2. The van der Waals surface area contributed by atoms with Crippen LogP contribution >= 0.6 is 0 Å². The summed E-state index contributed by atoms with van der Waals surface area (Å²) in [5.41, 5.74) is 1.93. The van der Waals surface area contributed by atoms with E-state index in [2.05, 4.69) is 19.9 Å². The fraction of sp³-hybridized carbons (Fsp3) is 0.273. The molecule has 0 atom stereocenters. The summed E-state index contributed by atoms with van der Waals surface area (Å²) >= 11 is 0. The second kappa shape index (κ2) is 7.42. The van der Waals surface area contributed by atoms with Crippen LogP contribution in [-0.4, -0.2) is 56.5 Å². The molecule has 0 unspecified atom stereocenters. The number of hydrogen-bond donors (Lipinski definition) is 2. The first-order chi connectivity index (χ1) is 15.0. The van der Waals surface area contributed by atoms with E-state index in [9.17, 15) is 14.4 Å². The summed E-state index contributed by atoms with van der Waals surface area (Å²) in [6.07, 6.45) is 0. The van der Waals surface area contributed by atoms with Gasteiger partial charge in [0.05, 0.1) is 21.9 Å². The number of amides is 1. The number of carbonyl (C=O) groups excluding carboxylic acids is 1. The van der Waals surface area contributed by atoms with E-state index in [1.54, 1.807) is 30.0 Å². The first-order valence-electron chi connectivity index (χ1n) is 10.3. The highest BCUT2D eigenvalue weighted by Gasteiger charge is 2.24. The average Bonchev–Trinajstić information content (AvgIpc) is 3.23. The van der Waals surface area contributed by atoms with Crippen molar-refractivity contribution in [3.05, 3.63) is 68.9 Å². The third-order valence-corrected chi connectivity index (χ3v) is 5.79. The van der Waals surface area contributed by atoms with Crippen LogP contribution in [0.3, 0.4) is 0 Å². The summed E-state index contributed by atoms with van der Waals surface area (Å²) in [4.78, 5) is 52.1. The number of nitrogens with one attached hydrogen (secondary N) is 2. The Labute approximate surface area is 176 Å². The van der Waals surface area contributed by atoms with Crippen LogP contribution in [0.2, 0.25) is 0 Å². The standard InChI is InChI=1S/C22H22N6O3/c1-2-28-20(30)15-8-7-14(13-18(15)25-22(28)31)19(29)26-9-11-27(12-10-26)21-23-16-5-3-4-6-17(16)24-21/h3-8,13H,2,9-12H2,1H3,(H,23,24)(H,25,31). The average molecular weight is 418 g/mol. The van der Waals surface area contributed by atoms with Crippen molar-refractivity contribution in [2.75, 3.05) is 31.1 Å². The first kappa shape index (κ1) is 19.1. The second-order valence-electron chi connectivity index (χ2n) is 7.60. The van der Waals surface area contributed by atoms with Crippen molar-refractivity contribution in [3.8, 4) is 0 Å². The Kier molecular flexibility index (Phi) is 4.58. The number of piperazine rings is 1. The van der Waals surface area contributed by atoms with Crippen molar-refractivity contribution in [2.45, 2.75) is 13.5 Å². The fourth-order valence-corrected chi connectivity index (χ4v) is 4.07. The molecule has 1 amide bonds. The quantitative estimate of drug-likeness (QED) is 0.525. The van der Waals surface area contributed by atoms with E-state index in [-0.39, 0.29) is 11.5 Å². The Morgan fingerprint density at radius 2 is 1.77 bits per heavy atom. The number of aromatic nitrogens is 4. The lowest BCUT2D eigenvalue weighted by molar-refractivity contribution is 0.0746. The summed E-state index contributed by atoms with van der Waals surface area (Å²) in [6, 6.07) is 12.7. The van der Waals surface area contributed by atoms with Gasteiger partial charge in [-0.05, 0) is 37.3 Å². The van der Waals surface area contributed by atoms with Crippen molar-refractivity contribution < 1.29 is 4.79 Å². The summed E-state index contributed by atoms with van der Waals surface area (Å²) in [5, 5.41) is 0.396. The molecule has 0 spiro atoms. The molecule has 0 bridgehead atoms. The van der Waals surface area contributed by atoms with E-state index in [0.717, 1.165) is 21.5 Å². The van der Waals surface area contributed by atoms with E-state index in [4.69, 9.17) is 0 Å². The van der Waals surface area contributed by atoms with Gasteiger partial charge < -0.3 is 19.8 Å². The summed E-state index contributed by atoms with van der Waals surface area (Å²) in [7, 11) is 0. The Hall–Kier alpha value is -3.88. The number of H-pyrrole nitrogens is 2. The molecule has 4 aromatic rings. The number of carbonyl (C=O) groups is 1. The largest absolute Gasteiger partial charge is 0.339 e. The third-order valence-electron chi connectivity index (χ3n) is 5.79. The highest BCUT2D eigenvalue weighted by molar-refractivity contribution is 5.97. The number of para-hydroxylation sites is 2. The van der Waals surface area contributed by atoms with Crippen LogP contribution in [0.5, 0.6) is 0 Å². The maximum Gasteiger partial charge on any atom is 0.328 e. The lowest BCUT2D eigenvalue weighted by Crippen LogP contribution is -2.49. The van der Waals surface area contributed by atoms with Crippen molar-refractivity contribution >= 4 is 33.8 Å². The van der Waals surface area contributed by atoms with E-state index < -0.39 is 5.69 Å². The zero-order valence-electron chi connectivity index (χ0n) is 17.1. The number of anilines is 1. The molecule has 158 valence electrons. The molecule has 9 nitrogen and oxygen atoms in total. The van der Waals surface area contributed by atoms with Gasteiger partial charge in [0.15, 0.2) is 0 Å². The highest BCUT2D eigenvalue weighted by atomic mass is 16.2. The van der Waals surface area contributed by atoms with E-state index in [0.29, 0.717) is 49.2 Å². The monoisotopic (exact) mass is 418 g/mol. The molecule has 9 heteroatoms. The summed E-state index contributed by atoms with van der Waals surface area (Å²) < 4.78 is 1.14. The molecule has 2 aromatic carbocycles. The predicted octanol–water partition coefficient (Wildman–Crippen LogP) is 1.55. The molecule has 31 heavy (non-hydrogen) atoms. The zero-order chi connectivity index (χ0) is 21.5. The minimum absolute atomic E-state index is 0.119. The topological polar surface area (TPSA) is 107 Å². The highest BCUT2D eigenvalue weighted by Crippen LogP contribution is 2.19. The maximum absolute atomic E-state index is 13.0. The number of benzene rings is 2. The number of nitrogens with zero attached hydrogens (tertiary/aromatic N) is 4. The molecule has 0 radical (unpaired) electrons. The van der Waals surface area contributed by atoms with Crippen molar-refractivity contribution in [2.24, 2.45) is 0 Å². The van der Waals surface area contributed by atoms with Gasteiger partial charge in [-0.1, -0.05) is 12.1 Å². The Balaban J connectivity index is 1.34. The van der Waals surface area contributed by atoms with Crippen LogP contribution < -0.4 is 16.1 Å². The molecular weight excluding hydrogens is 396 g/mol. The van der Waals surface area contributed by atoms with Gasteiger partial charge in [-0.2, -0.15) is 0 Å². The normalized spacial score (nSPS) is 14.5. The number of imidazole rings is 1. The van der Waals surface area contributed by atoms with Crippen LogP contribution in [-0.2, 0) is 6.54 Å². The van der Waals surface area contributed by atoms with Crippen molar-refractivity contribution in [1.29, 1.82) is 0 Å². The van der Waals surface area contributed by atoms with Gasteiger partial charge in [0, 0.05) is 38.3 Å². The minimum atomic E-state index is -0.468. The molecule has 1 saturated heterocycles. The lowest BCUT2D eigenvalue weighted by atomic mass is 10.1. The molecule has 2 N–H and O–H groups in total. The maximum atomic E-state index is 13.0. The van der Waals surface area contributed by atoms with Gasteiger partial charge in [-0.25, -0.2) is 9.78 Å². The van der Waals surface area contributed by atoms with Gasteiger partial charge in [0.1, 0.15) is 0 Å².